The lowest BCUT2D eigenvalue weighted by atomic mass is 10.1. The monoisotopic (exact) mass is 536 g/mol. The summed E-state index contributed by atoms with van der Waals surface area (Å²) < 4.78 is 3.67. The van der Waals surface area contributed by atoms with Crippen LogP contribution in [0.25, 0.3) is 11.0 Å². The predicted octanol–water partition coefficient (Wildman–Crippen LogP) is 5.77. The molecule has 4 rings (SSSR count). The fraction of sp³-hybridized carbons (Fsp3) is 0.276. The topological polar surface area (TPSA) is 71.1 Å². The van der Waals surface area contributed by atoms with Crippen molar-refractivity contribution in [2.24, 2.45) is 0 Å². The molecule has 192 valence electrons. The number of carbonyl (C=O) groups is 2. The first kappa shape index (κ1) is 26.7. The molecule has 8 heteroatoms. The number of fused-ring (bicyclic) bond motifs is 1. The molecule has 37 heavy (non-hydrogen) atoms. The van der Waals surface area contributed by atoms with Gasteiger partial charge in [0.15, 0.2) is 5.78 Å². The highest BCUT2D eigenvalue weighted by atomic mass is 35.5. The van der Waals surface area contributed by atoms with Gasteiger partial charge in [-0.3, -0.25) is 15.0 Å². The molecule has 0 bridgehead atoms. The average Bonchev–Trinajstić information content (AvgIpc) is 3.15. The fourth-order valence-corrected chi connectivity index (χ4v) is 5.09. The van der Waals surface area contributed by atoms with Gasteiger partial charge in [0.25, 0.3) is 0 Å². The zero-order valence-electron chi connectivity index (χ0n) is 21.0. The van der Waals surface area contributed by atoms with Crippen molar-refractivity contribution in [1.29, 1.82) is 5.41 Å². The highest BCUT2D eigenvalue weighted by Crippen LogP contribution is 2.23. The second-order valence-electron chi connectivity index (χ2n) is 9.08. The highest BCUT2D eigenvalue weighted by Gasteiger charge is 2.19. The molecule has 0 saturated carbocycles. The van der Waals surface area contributed by atoms with E-state index in [-0.39, 0.29) is 23.9 Å². The van der Waals surface area contributed by atoms with Crippen LogP contribution < -0.4 is 5.62 Å². The van der Waals surface area contributed by atoms with E-state index in [0.29, 0.717) is 41.5 Å². The molecule has 0 atom stereocenters. The maximum absolute atomic E-state index is 13.1. The van der Waals surface area contributed by atoms with E-state index in [0.717, 1.165) is 28.6 Å². The summed E-state index contributed by atoms with van der Waals surface area (Å²) in [5.41, 5.74) is 4.50. The number of imidazole rings is 1. The van der Waals surface area contributed by atoms with Crippen LogP contribution in [0.1, 0.15) is 34.8 Å². The first-order valence-electron chi connectivity index (χ1n) is 12.3. The van der Waals surface area contributed by atoms with Gasteiger partial charge in [-0.05, 0) is 48.2 Å². The molecule has 1 heterocycles. The molecule has 0 aliphatic heterocycles. The lowest BCUT2D eigenvalue weighted by Crippen LogP contribution is -2.31. The number of hydrogen-bond acceptors (Lipinski definition) is 3. The molecular weight excluding hydrogens is 507 g/mol. The number of Topliss-reactive ketones (excluding diaryl/α,β-unsaturated/α-hetero) is 1. The Kier molecular flexibility index (Phi) is 8.52. The van der Waals surface area contributed by atoms with E-state index in [9.17, 15) is 9.59 Å². The van der Waals surface area contributed by atoms with Crippen LogP contribution in [0, 0.1) is 5.41 Å². The Morgan fingerprint density at radius 1 is 0.973 bits per heavy atom. The molecule has 0 unspecified atom stereocenters. The number of rotatable bonds is 10. The summed E-state index contributed by atoms with van der Waals surface area (Å²) in [6.07, 6.45) is 1.84. The van der Waals surface area contributed by atoms with Crippen LogP contribution in [0.15, 0.2) is 66.7 Å². The molecule has 0 spiro atoms. The molecule has 0 aliphatic carbocycles. The van der Waals surface area contributed by atoms with E-state index in [1.165, 1.54) is 0 Å². The Morgan fingerprint density at radius 3 is 2.43 bits per heavy atom. The number of hydrogen-bond donors (Lipinski definition) is 1. The van der Waals surface area contributed by atoms with E-state index < -0.39 is 0 Å². The van der Waals surface area contributed by atoms with Crippen LogP contribution in [0.5, 0.6) is 0 Å². The minimum absolute atomic E-state index is 0.00762. The molecule has 0 saturated heterocycles. The van der Waals surface area contributed by atoms with Crippen molar-refractivity contribution in [2.45, 2.75) is 39.3 Å². The number of para-hydroxylation sites is 1. The molecule has 3 aromatic carbocycles. The van der Waals surface area contributed by atoms with Gasteiger partial charge in [-0.1, -0.05) is 72.6 Å². The molecular formula is C29H30Cl2N4O2. The van der Waals surface area contributed by atoms with Crippen LogP contribution in [0.2, 0.25) is 10.0 Å². The summed E-state index contributed by atoms with van der Waals surface area (Å²) in [5.74, 6) is -0.128. The number of amides is 1. The van der Waals surface area contributed by atoms with Crippen molar-refractivity contribution in [3.05, 3.63) is 99.1 Å². The molecule has 1 N–H and O–H groups in total. The number of aromatic nitrogens is 2. The lowest BCUT2D eigenvalue weighted by molar-refractivity contribution is -0.129. The van der Waals surface area contributed by atoms with Crippen LogP contribution >= 0.6 is 23.2 Å². The molecule has 1 amide bonds. The Labute approximate surface area is 226 Å². The largest absolute Gasteiger partial charge is 0.345 e. The summed E-state index contributed by atoms with van der Waals surface area (Å²) in [4.78, 5) is 27.6. The Hall–Kier alpha value is -3.35. The summed E-state index contributed by atoms with van der Waals surface area (Å²) in [6, 6.07) is 20.5. The summed E-state index contributed by atoms with van der Waals surface area (Å²) >= 11 is 12.3. The van der Waals surface area contributed by atoms with Gasteiger partial charge in [-0.15, -0.1) is 0 Å². The van der Waals surface area contributed by atoms with Gasteiger partial charge < -0.3 is 14.0 Å². The number of likely N-dealkylation sites (N-methyl/N-ethyl adjacent to an activating group) is 1. The third-order valence-electron chi connectivity index (χ3n) is 6.58. The normalized spacial score (nSPS) is 11.1. The third-order valence-corrected chi connectivity index (χ3v) is 7.13. The predicted molar refractivity (Wildman–Crippen MR) is 148 cm³/mol. The second kappa shape index (κ2) is 11.8. The fourth-order valence-electron chi connectivity index (χ4n) is 4.58. The first-order chi connectivity index (χ1) is 17.8. The molecule has 0 aliphatic rings. The zero-order valence-corrected chi connectivity index (χ0v) is 22.5. The van der Waals surface area contributed by atoms with Crippen LogP contribution in [-0.4, -0.2) is 39.3 Å². The third kappa shape index (κ3) is 5.97. The van der Waals surface area contributed by atoms with E-state index in [1.807, 2.05) is 54.1 Å². The average molecular weight is 537 g/mol. The van der Waals surface area contributed by atoms with Gasteiger partial charge in [0.1, 0.15) is 0 Å². The molecule has 0 radical (unpaired) electrons. The summed E-state index contributed by atoms with van der Waals surface area (Å²) in [5, 5.41) is 9.71. The van der Waals surface area contributed by atoms with Crippen molar-refractivity contribution in [3.8, 4) is 0 Å². The Bertz CT molecular complexity index is 1490. The van der Waals surface area contributed by atoms with Crippen LogP contribution in [0.3, 0.4) is 0 Å². The van der Waals surface area contributed by atoms with Crippen molar-refractivity contribution in [1.82, 2.24) is 14.0 Å². The van der Waals surface area contributed by atoms with Crippen LogP contribution in [-0.2, 0) is 30.7 Å². The quantitative estimate of drug-likeness (QED) is 0.261. The van der Waals surface area contributed by atoms with Crippen molar-refractivity contribution < 1.29 is 9.59 Å². The van der Waals surface area contributed by atoms with Crippen molar-refractivity contribution >= 4 is 45.9 Å². The van der Waals surface area contributed by atoms with Crippen LogP contribution in [0.4, 0.5) is 0 Å². The second-order valence-corrected chi connectivity index (χ2v) is 9.92. The number of benzene rings is 3. The maximum atomic E-state index is 13.1. The Balaban J connectivity index is 1.55. The number of ketones is 1. The molecule has 1 aromatic heterocycles. The number of nitrogens with zero attached hydrogens (tertiary/aromatic N) is 3. The van der Waals surface area contributed by atoms with E-state index in [4.69, 9.17) is 28.6 Å². The smallest absolute Gasteiger partial charge is 0.226 e. The standard InChI is InChI=1S/C29H30Cl2N4O2/c1-3-21-11-7-12-25-28(21)34(16-8-15-33(2)27(37)17-20-9-5-4-6-10-20)29(32)35(25)19-26(36)23-14-13-22(30)18-24(23)31/h4-7,9-14,18,32H,3,8,15-17,19H2,1-2H3. The van der Waals surface area contributed by atoms with Gasteiger partial charge in [0.2, 0.25) is 11.5 Å². The summed E-state index contributed by atoms with van der Waals surface area (Å²) in [7, 11) is 1.81. The van der Waals surface area contributed by atoms with Crippen molar-refractivity contribution in [2.75, 3.05) is 13.6 Å². The first-order valence-corrected chi connectivity index (χ1v) is 13.1. The van der Waals surface area contributed by atoms with Gasteiger partial charge >= 0.3 is 0 Å². The molecule has 6 nitrogen and oxygen atoms in total. The van der Waals surface area contributed by atoms with Gasteiger partial charge in [-0.25, -0.2) is 0 Å². The van der Waals surface area contributed by atoms with Gasteiger partial charge in [0, 0.05) is 30.7 Å². The SMILES string of the molecule is CCc1cccc2c1n(CCCN(C)C(=O)Cc1ccccc1)c(=N)n2CC(=O)c1ccc(Cl)cc1Cl. The minimum atomic E-state index is -0.188. The van der Waals surface area contributed by atoms with Gasteiger partial charge in [0.05, 0.1) is 29.0 Å². The Morgan fingerprint density at radius 2 is 1.73 bits per heavy atom. The zero-order chi connectivity index (χ0) is 26.5. The number of carbonyl (C=O) groups excluding carboxylic acids is 2. The number of aryl methyl sites for hydroxylation is 2. The highest BCUT2D eigenvalue weighted by molar-refractivity contribution is 6.36. The van der Waals surface area contributed by atoms with Crippen molar-refractivity contribution in [3.63, 3.8) is 0 Å². The summed E-state index contributed by atoms with van der Waals surface area (Å²) in [6.45, 7) is 3.19. The van der Waals surface area contributed by atoms with Gasteiger partial charge in [-0.2, -0.15) is 0 Å². The van der Waals surface area contributed by atoms with E-state index in [1.54, 1.807) is 27.7 Å². The molecule has 0 fully saturated rings. The maximum Gasteiger partial charge on any atom is 0.226 e. The lowest BCUT2D eigenvalue weighted by Gasteiger charge is -2.17. The van der Waals surface area contributed by atoms with E-state index in [2.05, 4.69) is 13.0 Å². The molecule has 4 aromatic rings. The number of halogens is 2. The number of nitrogens with one attached hydrogen (secondary N) is 1. The van der Waals surface area contributed by atoms with E-state index >= 15 is 0 Å². The minimum Gasteiger partial charge on any atom is -0.345 e.